The molecule has 0 spiro atoms. The van der Waals surface area contributed by atoms with Crippen LogP contribution in [0.2, 0.25) is 5.79 Å². The number of benzene rings is 1. The van der Waals surface area contributed by atoms with Crippen molar-refractivity contribution in [2.24, 2.45) is 0 Å². The van der Waals surface area contributed by atoms with E-state index in [1.54, 1.807) is 49.1 Å². The van der Waals surface area contributed by atoms with E-state index in [0.717, 1.165) is 5.79 Å². The SMILES string of the molecule is CCC[C@H]1CN(Cc2ccccc2)C[C@H](CCC)[N](S(=O)(=O)C(F)(F)F)[Al]([CH3])[N]1S(=O)(=O)C(F)(F)F. The highest BCUT2D eigenvalue weighted by Gasteiger charge is 2.62. The van der Waals surface area contributed by atoms with E-state index < -0.39 is 57.7 Å². The molecule has 36 heavy (non-hydrogen) atoms. The van der Waals surface area contributed by atoms with Gasteiger partial charge in [-0.1, -0.05) is 62.8 Å². The quantitative estimate of drug-likeness (QED) is 0.339. The number of halogens is 6. The van der Waals surface area contributed by atoms with Crippen LogP contribution in [0.25, 0.3) is 0 Å². The summed E-state index contributed by atoms with van der Waals surface area (Å²) in [5.41, 5.74) is -10.9. The van der Waals surface area contributed by atoms with E-state index in [9.17, 15) is 43.2 Å². The van der Waals surface area contributed by atoms with Gasteiger partial charge in [-0.2, -0.15) is 26.3 Å². The molecule has 0 N–H and O–H groups in total. The van der Waals surface area contributed by atoms with Gasteiger partial charge in [-0.05, 0) is 18.4 Å². The summed E-state index contributed by atoms with van der Waals surface area (Å²) in [7, 11) is -12.3. The van der Waals surface area contributed by atoms with Gasteiger partial charge < -0.3 is 0 Å². The van der Waals surface area contributed by atoms with Gasteiger partial charge in [0, 0.05) is 31.7 Å². The van der Waals surface area contributed by atoms with Crippen LogP contribution in [0.1, 0.15) is 45.1 Å². The summed E-state index contributed by atoms with van der Waals surface area (Å²) in [6.45, 7) is 2.94. The summed E-state index contributed by atoms with van der Waals surface area (Å²) >= 11 is -4.12. The van der Waals surface area contributed by atoms with Crippen LogP contribution in [0.15, 0.2) is 30.3 Å². The van der Waals surface area contributed by atoms with Crippen molar-refractivity contribution in [3.63, 3.8) is 0 Å². The van der Waals surface area contributed by atoms with Gasteiger partial charge in [0.25, 0.3) is 20.0 Å². The molecule has 1 fully saturated rings. The molecule has 2 atom stereocenters. The molecule has 0 amide bonds. The first-order valence-corrected chi connectivity index (χ1v) is 16.5. The number of rotatable bonds is 8. The molecule has 0 unspecified atom stereocenters. The van der Waals surface area contributed by atoms with E-state index >= 15 is 0 Å². The molecular weight excluding hydrogens is 551 g/mol. The second-order valence-corrected chi connectivity index (χ2v) is 15.6. The lowest BCUT2D eigenvalue weighted by Gasteiger charge is -2.46. The van der Waals surface area contributed by atoms with Crippen molar-refractivity contribution in [2.75, 3.05) is 13.1 Å². The highest BCUT2D eigenvalue weighted by molar-refractivity contribution is 7.93. The number of hydrogen-bond donors (Lipinski definition) is 0. The average molecular weight is 582 g/mol. The molecule has 1 aromatic rings. The van der Waals surface area contributed by atoms with Crippen molar-refractivity contribution in [3.8, 4) is 0 Å². The van der Waals surface area contributed by atoms with Crippen LogP contribution in [-0.4, -0.2) is 79.1 Å². The minimum atomic E-state index is -6.14. The van der Waals surface area contributed by atoms with Crippen LogP contribution >= 0.6 is 0 Å². The summed E-state index contributed by atoms with van der Waals surface area (Å²) in [5, 5.41) is 0. The van der Waals surface area contributed by atoms with Crippen LogP contribution in [-0.2, 0) is 26.6 Å². The zero-order valence-corrected chi connectivity index (χ0v) is 22.9. The van der Waals surface area contributed by atoms with Gasteiger partial charge in [0.2, 0.25) is 0 Å². The molecule has 0 radical (unpaired) electrons. The Balaban J connectivity index is 2.78. The van der Waals surface area contributed by atoms with Gasteiger partial charge in [0.05, 0.1) is 0 Å². The van der Waals surface area contributed by atoms with E-state index in [-0.39, 0.29) is 51.9 Å². The largest absolute Gasteiger partial charge is 0.516 e. The third-order valence-corrected chi connectivity index (χ3v) is 14.7. The summed E-state index contributed by atoms with van der Waals surface area (Å²) in [5.74, 6) is 0.907. The maximum Gasteiger partial charge on any atom is 0.516 e. The first-order valence-electron chi connectivity index (χ1n) is 11.4. The van der Waals surface area contributed by atoms with E-state index in [1.807, 2.05) is 0 Å². The number of hydrogen-bond acceptors (Lipinski definition) is 5. The average Bonchev–Trinajstić information content (AvgIpc) is 2.72. The maximum atomic E-state index is 13.8. The first-order chi connectivity index (χ1) is 16.5. The van der Waals surface area contributed by atoms with Crippen molar-refractivity contribution in [3.05, 3.63) is 35.9 Å². The Morgan fingerprint density at radius 3 is 1.53 bits per heavy atom. The zero-order valence-electron chi connectivity index (χ0n) is 20.1. The lowest BCUT2D eigenvalue weighted by molar-refractivity contribution is -0.0501. The minimum Gasteiger partial charge on any atom is -0.296 e. The van der Waals surface area contributed by atoms with Crippen molar-refractivity contribution in [1.29, 1.82) is 0 Å². The Morgan fingerprint density at radius 2 is 1.19 bits per heavy atom. The Hall–Kier alpha value is -0.888. The Labute approximate surface area is 213 Å². The van der Waals surface area contributed by atoms with Crippen LogP contribution < -0.4 is 0 Å². The normalized spacial score (nSPS) is 22.4. The predicted octanol–water partition coefficient (Wildman–Crippen LogP) is 4.26. The molecule has 1 aromatic carbocycles. The zero-order chi connectivity index (χ0) is 27.5. The van der Waals surface area contributed by atoms with Gasteiger partial charge in [0.15, 0.2) is 0 Å². The molecule has 0 aliphatic carbocycles. The molecule has 1 aliphatic rings. The predicted molar refractivity (Wildman–Crippen MR) is 124 cm³/mol. The molecule has 1 saturated heterocycles. The Morgan fingerprint density at radius 1 is 0.806 bits per heavy atom. The summed E-state index contributed by atoms with van der Waals surface area (Å²) in [6, 6.07) is 5.87. The summed E-state index contributed by atoms with van der Waals surface area (Å²) in [4.78, 5) is 1.55. The van der Waals surface area contributed by atoms with Gasteiger partial charge in [0.1, 0.15) is 0 Å². The van der Waals surface area contributed by atoms with Gasteiger partial charge in [-0.25, -0.2) is 16.8 Å². The molecule has 1 aliphatic heterocycles. The molecular formula is C20H30AlF6N3O4S2. The number of sulfonamides is 2. The van der Waals surface area contributed by atoms with E-state index in [4.69, 9.17) is 0 Å². The van der Waals surface area contributed by atoms with Crippen molar-refractivity contribution < 1.29 is 43.2 Å². The van der Waals surface area contributed by atoms with Crippen LogP contribution in [0.3, 0.4) is 0 Å². The lowest BCUT2D eigenvalue weighted by Crippen LogP contribution is -2.69. The van der Waals surface area contributed by atoms with Gasteiger partial charge in [-0.3, -0.25) is 11.5 Å². The third-order valence-electron chi connectivity index (χ3n) is 6.03. The molecule has 2 rings (SSSR count). The first kappa shape index (κ1) is 31.3. The highest BCUT2D eigenvalue weighted by atomic mass is 32.2. The molecule has 0 saturated carbocycles. The second kappa shape index (κ2) is 11.9. The molecule has 16 heteroatoms. The highest BCUT2D eigenvalue weighted by Crippen LogP contribution is 2.37. The maximum absolute atomic E-state index is 13.8. The monoisotopic (exact) mass is 581 g/mol. The third kappa shape index (κ3) is 6.75. The Kier molecular flexibility index (Phi) is 10.3. The van der Waals surface area contributed by atoms with Gasteiger partial charge >= 0.3 is 25.6 Å². The second-order valence-electron chi connectivity index (χ2n) is 8.76. The van der Waals surface area contributed by atoms with E-state index in [1.165, 1.54) is 0 Å². The van der Waals surface area contributed by atoms with Crippen molar-refractivity contribution in [1.82, 2.24) is 11.5 Å². The topological polar surface area (TPSA) is 78.0 Å². The lowest BCUT2D eigenvalue weighted by atomic mass is 10.1. The van der Waals surface area contributed by atoms with E-state index in [0.29, 0.717) is 5.56 Å². The van der Waals surface area contributed by atoms with Gasteiger partial charge in [-0.15, -0.1) is 0 Å². The van der Waals surface area contributed by atoms with Crippen LogP contribution in [0, 0.1) is 0 Å². The summed E-state index contributed by atoms with van der Waals surface area (Å²) in [6.07, 6.45) is 0.297. The molecule has 1 heterocycles. The number of alkyl halides is 6. The Bertz CT molecular complexity index is 1010. The molecule has 0 aromatic heterocycles. The fourth-order valence-electron chi connectivity index (χ4n) is 4.66. The molecule has 7 nitrogen and oxygen atoms in total. The van der Waals surface area contributed by atoms with E-state index in [2.05, 4.69) is 0 Å². The molecule has 0 bridgehead atoms. The number of nitrogens with zero attached hydrogens (tertiary/aromatic N) is 3. The fraction of sp³-hybridized carbons (Fsp3) is 0.700. The fourth-order valence-corrected chi connectivity index (χ4v) is 12.9. The van der Waals surface area contributed by atoms with Crippen molar-refractivity contribution in [2.45, 2.75) is 75.0 Å². The van der Waals surface area contributed by atoms with Crippen LogP contribution in [0.5, 0.6) is 0 Å². The van der Waals surface area contributed by atoms with Crippen molar-refractivity contribution >= 4 is 34.6 Å². The van der Waals surface area contributed by atoms with Crippen LogP contribution in [0.4, 0.5) is 26.3 Å². The minimum absolute atomic E-state index is 0.0552. The smallest absolute Gasteiger partial charge is 0.296 e. The summed E-state index contributed by atoms with van der Waals surface area (Å²) < 4.78 is 134. The molecule has 206 valence electrons. The standard InChI is InChI=1S/C19H27F6N3O4S2.CH3.Al/c1-3-8-16(26-33(29,30)18(20,21)22)13-28(12-15-10-6-5-7-11-15)14-17(9-4-2)27-34(31,32)19(23,24)25;;/h5-7,10-11,16-17H,3-4,8-9,12-14H2,1-2H3;1H3;/q-2;;+2/t16-,17-;;/m0../s1.